The van der Waals surface area contributed by atoms with Crippen molar-refractivity contribution in [3.63, 3.8) is 0 Å². The van der Waals surface area contributed by atoms with Crippen molar-refractivity contribution in [3.8, 4) is 0 Å². The summed E-state index contributed by atoms with van der Waals surface area (Å²) in [6, 6.07) is 1.93. The predicted octanol–water partition coefficient (Wildman–Crippen LogP) is 1.62. The first-order valence-corrected chi connectivity index (χ1v) is 7.94. The first kappa shape index (κ1) is 14.8. The van der Waals surface area contributed by atoms with Gasteiger partial charge < -0.3 is 16.2 Å². The molecule has 3 rings (SSSR count). The van der Waals surface area contributed by atoms with E-state index in [9.17, 15) is 0 Å². The largest absolute Gasteiger partial charge is 0.383 e. The summed E-state index contributed by atoms with van der Waals surface area (Å²) in [5, 5.41) is 0. The maximum Gasteiger partial charge on any atom is 0.128 e. The third-order valence-corrected chi connectivity index (χ3v) is 5.24. The maximum absolute atomic E-state index is 6.77. The van der Waals surface area contributed by atoms with Crippen LogP contribution in [0.25, 0.3) is 0 Å². The number of aryl methyl sites for hydroxylation is 1. The Morgan fingerprint density at radius 1 is 1.29 bits per heavy atom. The molecule has 5 nitrogen and oxygen atoms in total. The van der Waals surface area contributed by atoms with E-state index in [1.54, 1.807) is 6.20 Å². The Hall–Kier alpha value is -1.17. The second-order valence-corrected chi connectivity index (χ2v) is 6.31. The maximum atomic E-state index is 6.77. The average molecular weight is 290 g/mol. The minimum atomic E-state index is -0.0770. The van der Waals surface area contributed by atoms with E-state index in [2.05, 4.69) is 16.8 Å². The van der Waals surface area contributed by atoms with Crippen LogP contribution < -0.4 is 11.5 Å². The number of ether oxygens (including phenoxy) is 1. The van der Waals surface area contributed by atoms with Crippen LogP contribution in [-0.4, -0.2) is 41.7 Å². The molecule has 2 aliphatic rings. The van der Waals surface area contributed by atoms with Gasteiger partial charge in [-0.2, -0.15) is 0 Å². The van der Waals surface area contributed by atoms with Crippen LogP contribution in [0.3, 0.4) is 0 Å². The quantitative estimate of drug-likeness (QED) is 0.884. The zero-order valence-corrected chi connectivity index (χ0v) is 12.8. The van der Waals surface area contributed by atoms with Crippen LogP contribution in [0.2, 0.25) is 0 Å². The van der Waals surface area contributed by atoms with E-state index in [-0.39, 0.29) is 11.6 Å². The lowest BCUT2D eigenvalue weighted by molar-refractivity contribution is -0.0311. The van der Waals surface area contributed by atoms with Crippen LogP contribution in [0, 0.1) is 6.92 Å². The molecule has 0 amide bonds. The highest BCUT2D eigenvalue weighted by atomic mass is 16.5. The molecule has 0 aromatic carbocycles. The number of anilines is 1. The van der Waals surface area contributed by atoms with Gasteiger partial charge in [0.1, 0.15) is 5.82 Å². The van der Waals surface area contributed by atoms with Crippen LogP contribution in [0.1, 0.15) is 42.9 Å². The standard InChI is InChI=1S/C16H26N4O/c1-12-4-7-19-15(18)13(12)14(17)16(5-2-3-6-16)20-8-10-21-11-9-20/h4,7,14H,2-3,5-6,8-11,17H2,1H3,(H2,18,19). The molecule has 1 unspecified atom stereocenters. The van der Waals surface area contributed by atoms with Crippen molar-refractivity contribution in [2.75, 3.05) is 32.0 Å². The van der Waals surface area contributed by atoms with Gasteiger partial charge in [0.15, 0.2) is 0 Å². The fourth-order valence-corrected chi connectivity index (χ4v) is 4.08. The van der Waals surface area contributed by atoms with Crippen LogP contribution in [0.5, 0.6) is 0 Å². The molecular formula is C16H26N4O. The molecule has 0 bridgehead atoms. The van der Waals surface area contributed by atoms with Gasteiger partial charge in [-0.05, 0) is 31.4 Å². The minimum absolute atomic E-state index is 0.0195. The van der Waals surface area contributed by atoms with E-state index in [0.717, 1.165) is 50.3 Å². The lowest BCUT2D eigenvalue weighted by Gasteiger charge is -2.47. The molecule has 1 saturated heterocycles. The van der Waals surface area contributed by atoms with Gasteiger partial charge in [-0.25, -0.2) is 4.98 Å². The topological polar surface area (TPSA) is 77.4 Å². The molecule has 0 radical (unpaired) electrons. The smallest absolute Gasteiger partial charge is 0.128 e. The van der Waals surface area contributed by atoms with Gasteiger partial charge >= 0.3 is 0 Å². The SMILES string of the molecule is Cc1ccnc(N)c1C(N)C1(N2CCOCC2)CCCC1. The number of nitrogens with two attached hydrogens (primary N) is 2. The Morgan fingerprint density at radius 3 is 2.57 bits per heavy atom. The summed E-state index contributed by atoms with van der Waals surface area (Å²) in [7, 11) is 0. The van der Waals surface area contributed by atoms with E-state index in [0.29, 0.717) is 5.82 Å². The molecule has 0 spiro atoms. The molecule has 21 heavy (non-hydrogen) atoms. The summed E-state index contributed by atoms with van der Waals surface area (Å²) in [5.74, 6) is 0.585. The summed E-state index contributed by atoms with van der Waals surface area (Å²) in [6.45, 7) is 5.61. The number of rotatable bonds is 3. The highest BCUT2D eigenvalue weighted by Gasteiger charge is 2.46. The van der Waals surface area contributed by atoms with E-state index in [1.807, 2.05) is 6.07 Å². The average Bonchev–Trinajstić information content (AvgIpc) is 2.98. The van der Waals surface area contributed by atoms with Crippen molar-refractivity contribution in [2.24, 2.45) is 5.73 Å². The molecular weight excluding hydrogens is 264 g/mol. The van der Waals surface area contributed by atoms with Crippen LogP contribution in [0.4, 0.5) is 5.82 Å². The molecule has 5 heteroatoms. The van der Waals surface area contributed by atoms with Gasteiger partial charge in [0, 0.05) is 30.4 Å². The minimum Gasteiger partial charge on any atom is -0.383 e. The highest BCUT2D eigenvalue weighted by Crippen LogP contribution is 2.45. The van der Waals surface area contributed by atoms with Gasteiger partial charge in [0.2, 0.25) is 0 Å². The number of hydrogen-bond acceptors (Lipinski definition) is 5. The Labute approximate surface area is 126 Å². The lowest BCUT2D eigenvalue weighted by Crippen LogP contribution is -2.57. The predicted molar refractivity (Wildman–Crippen MR) is 83.9 cm³/mol. The number of morpholine rings is 1. The number of aromatic nitrogens is 1. The first-order valence-electron chi connectivity index (χ1n) is 7.94. The first-order chi connectivity index (χ1) is 10.1. The highest BCUT2D eigenvalue weighted by molar-refractivity contribution is 5.47. The van der Waals surface area contributed by atoms with Crippen molar-refractivity contribution < 1.29 is 4.74 Å². The fraction of sp³-hybridized carbons (Fsp3) is 0.688. The van der Waals surface area contributed by atoms with Gasteiger partial charge in [-0.1, -0.05) is 12.8 Å². The van der Waals surface area contributed by atoms with Gasteiger partial charge in [-0.3, -0.25) is 4.90 Å². The molecule has 1 aromatic heterocycles. The van der Waals surface area contributed by atoms with Crippen LogP contribution >= 0.6 is 0 Å². The Morgan fingerprint density at radius 2 is 1.95 bits per heavy atom. The van der Waals surface area contributed by atoms with Crippen LogP contribution in [-0.2, 0) is 4.74 Å². The molecule has 2 heterocycles. The van der Waals surface area contributed by atoms with Crippen LogP contribution in [0.15, 0.2) is 12.3 Å². The number of nitrogen functional groups attached to an aromatic ring is 1. The fourth-order valence-electron chi connectivity index (χ4n) is 4.08. The summed E-state index contributed by atoms with van der Waals surface area (Å²) in [5.41, 5.74) is 15.1. The van der Waals surface area contributed by atoms with E-state index in [1.165, 1.54) is 12.8 Å². The van der Waals surface area contributed by atoms with Gasteiger partial charge in [0.25, 0.3) is 0 Å². The monoisotopic (exact) mass is 290 g/mol. The number of nitrogens with zero attached hydrogens (tertiary/aromatic N) is 2. The van der Waals surface area contributed by atoms with Crippen molar-refractivity contribution in [3.05, 3.63) is 23.4 Å². The summed E-state index contributed by atoms with van der Waals surface area (Å²) in [4.78, 5) is 6.80. The third kappa shape index (κ3) is 2.54. The molecule has 1 aromatic rings. The Bertz CT molecular complexity index is 473. The second-order valence-electron chi connectivity index (χ2n) is 6.31. The van der Waals surface area contributed by atoms with Crippen molar-refractivity contribution >= 4 is 5.82 Å². The zero-order chi connectivity index (χ0) is 14.9. The molecule has 4 N–H and O–H groups in total. The van der Waals surface area contributed by atoms with Crippen molar-refractivity contribution in [1.82, 2.24) is 9.88 Å². The second kappa shape index (κ2) is 5.91. The van der Waals surface area contributed by atoms with Gasteiger partial charge in [-0.15, -0.1) is 0 Å². The molecule has 2 fully saturated rings. The van der Waals surface area contributed by atoms with E-state index < -0.39 is 0 Å². The normalized spacial score (nSPS) is 24.1. The molecule has 1 aliphatic heterocycles. The third-order valence-electron chi connectivity index (χ3n) is 5.24. The molecule has 1 aliphatic carbocycles. The molecule has 1 saturated carbocycles. The van der Waals surface area contributed by atoms with E-state index in [4.69, 9.17) is 16.2 Å². The molecule has 1 atom stereocenters. The Balaban J connectivity index is 1.96. The number of pyridine rings is 1. The van der Waals surface area contributed by atoms with Crippen molar-refractivity contribution in [2.45, 2.75) is 44.2 Å². The van der Waals surface area contributed by atoms with E-state index >= 15 is 0 Å². The molecule has 116 valence electrons. The summed E-state index contributed by atoms with van der Waals surface area (Å²) in [6.07, 6.45) is 6.52. The zero-order valence-electron chi connectivity index (χ0n) is 12.8. The summed E-state index contributed by atoms with van der Waals surface area (Å²) >= 11 is 0. The van der Waals surface area contributed by atoms with Gasteiger partial charge in [0.05, 0.1) is 19.3 Å². The van der Waals surface area contributed by atoms with Crippen molar-refractivity contribution in [1.29, 1.82) is 0 Å². The number of hydrogen-bond donors (Lipinski definition) is 2. The summed E-state index contributed by atoms with van der Waals surface area (Å²) < 4.78 is 5.52. The Kier molecular flexibility index (Phi) is 4.15. The lowest BCUT2D eigenvalue weighted by atomic mass is 9.81.